The van der Waals surface area contributed by atoms with E-state index in [4.69, 9.17) is 0 Å². The third-order valence-electron chi connectivity index (χ3n) is 3.75. The zero-order chi connectivity index (χ0) is 13.1. The molecule has 3 rings (SSSR count). The van der Waals surface area contributed by atoms with Crippen molar-refractivity contribution in [1.29, 1.82) is 5.26 Å². The van der Waals surface area contributed by atoms with Crippen LogP contribution < -0.4 is 0 Å². The quantitative estimate of drug-likeness (QED) is 0.775. The Bertz CT molecular complexity index is 624. The zero-order valence-electron chi connectivity index (χ0n) is 10.8. The molecule has 0 unspecified atom stereocenters. The van der Waals surface area contributed by atoms with Crippen LogP contribution in [-0.4, -0.2) is 10.7 Å². The summed E-state index contributed by atoms with van der Waals surface area (Å²) in [5.41, 5.74) is 1.66. The minimum Gasteiger partial charge on any atom is -0.241 e. The van der Waals surface area contributed by atoms with Gasteiger partial charge in [-0.05, 0) is 30.9 Å². The molecule has 3 heteroatoms. The van der Waals surface area contributed by atoms with Crippen molar-refractivity contribution >= 4 is 22.7 Å². The van der Waals surface area contributed by atoms with Crippen LogP contribution in [-0.2, 0) is 0 Å². The lowest BCUT2D eigenvalue weighted by molar-refractivity contribution is 0.623. The van der Waals surface area contributed by atoms with Gasteiger partial charge in [-0.3, -0.25) is 0 Å². The summed E-state index contributed by atoms with van der Waals surface area (Å²) in [6, 6.07) is 12.1. The fourth-order valence-electron chi connectivity index (χ4n) is 2.70. The molecule has 1 aromatic heterocycles. The van der Waals surface area contributed by atoms with E-state index in [0.29, 0.717) is 0 Å². The van der Waals surface area contributed by atoms with Gasteiger partial charge in [0, 0.05) is 11.1 Å². The van der Waals surface area contributed by atoms with E-state index < -0.39 is 0 Å². The minimum absolute atomic E-state index is 0.736. The molecule has 0 radical (unpaired) electrons. The lowest BCUT2D eigenvalue weighted by atomic mass is 10.1. The number of hydrogen-bond acceptors (Lipinski definition) is 3. The number of benzene rings is 1. The Morgan fingerprint density at radius 3 is 2.84 bits per heavy atom. The van der Waals surface area contributed by atoms with Gasteiger partial charge in [0.15, 0.2) is 0 Å². The number of aromatic nitrogens is 1. The van der Waals surface area contributed by atoms with E-state index >= 15 is 0 Å². The molecule has 0 N–H and O–H groups in total. The molecule has 1 fully saturated rings. The standard InChI is InChI=1S/C16H16N2S/c17-10-13-9-16(19-11-12-5-1-2-6-12)18-15-8-4-3-7-14(13)15/h3-4,7-9,12H,1-2,5-6,11H2. The number of thioether (sulfide) groups is 1. The predicted octanol–water partition coefficient (Wildman–Crippen LogP) is 4.39. The fraction of sp³-hybridized carbons (Fsp3) is 0.375. The monoisotopic (exact) mass is 268 g/mol. The number of rotatable bonds is 3. The maximum absolute atomic E-state index is 9.25. The van der Waals surface area contributed by atoms with Crippen LogP contribution in [0, 0.1) is 17.2 Å². The van der Waals surface area contributed by atoms with Crippen molar-refractivity contribution < 1.29 is 0 Å². The van der Waals surface area contributed by atoms with Gasteiger partial charge in [-0.25, -0.2) is 4.98 Å². The highest BCUT2D eigenvalue weighted by molar-refractivity contribution is 7.99. The molecule has 0 saturated heterocycles. The number of hydrogen-bond donors (Lipinski definition) is 0. The Labute approximate surface area is 117 Å². The molecule has 96 valence electrons. The normalized spacial score (nSPS) is 15.7. The molecule has 1 saturated carbocycles. The molecule has 1 aliphatic rings. The summed E-state index contributed by atoms with van der Waals surface area (Å²) in [6.45, 7) is 0. The number of nitriles is 1. The first-order valence-electron chi connectivity index (χ1n) is 6.79. The van der Waals surface area contributed by atoms with Gasteiger partial charge in [-0.15, -0.1) is 11.8 Å². The molecular formula is C16H16N2S. The molecule has 1 aliphatic carbocycles. The largest absolute Gasteiger partial charge is 0.241 e. The molecule has 2 nitrogen and oxygen atoms in total. The average Bonchev–Trinajstić information content (AvgIpc) is 2.97. The van der Waals surface area contributed by atoms with Crippen molar-refractivity contribution in [2.75, 3.05) is 5.75 Å². The van der Waals surface area contributed by atoms with Crippen LogP contribution in [0.2, 0.25) is 0 Å². The Hall–Kier alpha value is -1.53. The maximum atomic E-state index is 9.25. The molecule has 1 aromatic carbocycles. The van der Waals surface area contributed by atoms with Crippen LogP contribution >= 0.6 is 11.8 Å². The van der Waals surface area contributed by atoms with Gasteiger partial charge in [0.1, 0.15) is 0 Å². The number of nitrogens with zero attached hydrogens (tertiary/aromatic N) is 2. The summed E-state index contributed by atoms with van der Waals surface area (Å²) in [5.74, 6) is 1.97. The van der Waals surface area contributed by atoms with Gasteiger partial charge < -0.3 is 0 Å². The van der Waals surface area contributed by atoms with Crippen LogP contribution in [0.5, 0.6) is 0 Å². The van der Waals surface area contributed by atoms with Crippen molar-refractivity contribution in [2.45, 2.75) is 30.7 Å². The highest BCUT2D eigenvalue weighted by Gasteiger charge is 2.15. The third kappa shape index (κ3) is 2.74. The zero-order valence-corrected chi connectivity index (χ0v) is 11.6. The summed E-state index contributed by atoms with van der Waals surface area (Å²) in [5, 5.41) is 11.2. The van der Waals surface area contributed by atoms with Crippen LogP contribution in [0.15, 0.2) is 35.4 Å². The third-order valence-corrected chi connectivity index (χ3v) is 4.90. The predicted molar refractivity (Wildman–Crippen MR) is 79.1 cm³/mol. The Balaban J connectivity index is 1.85. The summed E-state index contributed by atoms with van der Waals surface area (Å²) >= 11 is 1.80. The van der Waals surface area contributed by atoms with Gasteiger partial charge in [-0.1, -0.05) is 31.0 Å². The first kappa shape index (κ1) is 12.5. The molecule has 0 atom stereocenters. The molecule has 0 aliphatic heterocycles. The van der Waals surface area contributed by atoms with E-state index in [9.17, 15) is 5.26 Å². The van der Waals surface area contributed by atoms with Crippen molar-refractivity contribution in [1.82, 2.24) is 4.98 Å². The number of fused-ring (bicyclic) bond motifs is 1. The fourth-order valence-corrected chi connectivity index (χ4v) is 3.80. The summed E-state index contributed by atoms with van der Waals surface area (Å²) in [7, 11) is 0. The first-order valence-corrected chi connectivity index (χ1v) is 7.78. The van der Waals surface area contributed by atoms with Crippen molar-refractivity contribution in [3.63, 3.8) is 0 Å². The van der Waals surface area contributed by atoms with Crippen LogP contribution in [0.1, 0.15) is 31.2 Å². The van der Waals surface area contributed by atoms with Crippen LogP contribution in [0.25, 0.3) is 10.9 Å². The minimum atomic E-state index is 0.736. The van der Waals surface area contributed by atoms with Gasteiger partial charge in [0.05, 0.1) is 22.2 Å². The van der Waals surface area contributed by atoms with E-state index in [1.807, 2.05) is 30.3 Å². The molecule has 0 bridgehead atoms. The van der Waals surface area contributed by atoms with E-state index in [-0.39, 0.29) is 0 Å². The van der Waals surface area contributed by atoms with Gasteiger partial charge >= 0.3 is 0 Å². The van der Waals surface area contributed by atoms with Gasteiger partial charge in [0.2, 0.25) is 0 Å². The van der Waals surface area contributed by atoms with Gasteiger partial charge in [0.25, 0.3) is 0 Å². The van der Waals surface area contributed by atoms with Gasteiger partial charge in [-0.2, -0.15) is 5.26 Å². The van der Waals surface area contributed by atoms with Crippen molar-refractivity contribution in [2.24, 2.45) is 5.92 Å². The maximum Gasteiger partial charge on any atom is 0.0999 e. The molecule has 2 aromatic rings. The molecule has 1 heterocycles. The lowest BCUT2D eigenvalue weighted by Crippen LogP contribution is -1.97. The van der Waals surface area contributed by atoms with Crippen LogP contribution in [0.3, 0.4) is 0 Å². The Morgan fingerprint density at radius 1 is 1.26 bits per heavy atom. The highest BCUT2D eigenvalue weighted by atomic mass is 32.2. The summed E-state index contributed by atoms with van der Waals surface area (Å²) in [4.78, 5) is 4.66. The number of pyridine rings is 1. The summed E-state index contributed by atoms with van der Waals surface area (Å²) in [6.07, 6.45) is 5.46. The van der Waals surface area contributed by atoms with E-state index in [2.05, 4.69) is 11.1 Å². The smallest absolute Gasteiger partial charge is 0.0999 e. The second-order valence-corrected chi connectivity index (χ2v) is 6.14. The van der Waals surface area contributed by atoms with Crippen molar-refractivity contribution in [3.8, 4) is 6.07 Å². The molecule has 19 heavy (non-hydrogen) atoms. The topological polar surface area (TPSA) is 36.7 Å². The molecular weight excluding hydrogens is 252 g/mol. The van der Waals surface area contributed by atoms with Crippen molar-refractivity contribution in [3.05, 3.63) is 35.9 Å². The second kappa shape index (κ2) is 5.63. The van der Waals surface area contributed by atoms with E-state index in [1.54, 1.807) is 11.8 Å². The Morgan fingerprint density at radius 2 is 2.05 bits per heavy atom. The Kier molecular flexibility index (Phi) is 3.70. The van der Waals surface area contributed by atoms with Crippen LogP contribution in [0.4, 0.5) is 0 Å². The van der Waals surface area contributed by atoms with E-state index in [1.165, 1.54) is 25.7 Å². The molecule has 0 amide bonds. The second-order valence-electron chi connectivity index (χ2n) is 5.10. The van der Waals surface area contributed by atoms with E-state index in [0.717, 1.165) is 33.2 Å². The average molecular weight is 268 g/mol. The number of para-hydroxylation sites is 1. The SMILES string of the molecule is N#Cc1cc(SCC2CCCC2)nc2ccccc12. The first-order chi connectivity index (χ1) is 9.36. The molecule has 0 spiro atoms. The highest BCUT2D eigenvalue weighted by Crippen LogP contribution is 2.31. The summed E-state index contributed by atoms with van der Waals surface area (Å²) < 4.78 is 0. The lowest BCUT2D eigenvalue weighted by Gasteiger charge is -2.09.